The molecule has 2 heterocycles. The molecule has 124 valence electrons. The van der Waals surface area contributed by atoms with Gasteiger partial charge < -0.3 is 4.74 Å². The second-order valence-electron chi connectivity index (χ2n) is 6.30. The first-order valence-corrected chi connectivity index (χ1v) is 8.86. The van der Waals surface area contributed by atoms with Crippen LogP contribution in [0.5, 0.6) is 5.75 Å². The highest BCUT2D eigenvalue weighted by atomic mass is 32.1. The number of hydrogen-bond acceptors (Lipinski definition) is 3. The molecule has 6 heteroatoms. The molecule has 1 fully saturated rings. The van der Waals surface area contributed by atoms with Crippen LogP contribution in [0.3, 0.4) is 0 Å². The summed E-state index contributed by atoms with van der Waals surface area (Å²) in [5, 5.41) is 0.667. The third-order valence-electron chi connectivity index (χ3n) is 4.95. The van der Waals surface area contributed by atoms with Crippen molar-refractivity contribution >= 4 is 21.4 Å². The van der Waals surface area contributed by atoms with Gasteiger partial charge in [-0.2, -0.15) is 0 Å². The van der Waals surface area contributed by atoms with E-state index in [1.54, 1.807) is 17.4 Å². The smallest absolute Gasteiger partial charge is 0.405 e. The number of fused-ring (bicyclic) bond motifs is 3. The van der Waals surface area contributed by atoms with Crippen LogP contribution in [0.15, 0.2) is 18.2 Å². The fraction of sp³-hybridized carbons (Fsp3) is 0.529. The van der Waals surface area contributed by atoms with E-state index in [9.17, 15) is 13.2 Å². The van der Waals surface area contributed by atoms with E-state index in [1.807, 2.05) is 6.07 Å². The van der Waals surface area contributed by atoms with Crippen LogP contribution in [0, 0.1) is 0 Å². The molecule has 1 aromatic heterocycles. The van der Waals surface area contributed by atoms with Crippen molar-refractivity contribution in [2.75, 3.05) is 13.1 Å². The molecule has 0 atom stereocenters. The van der Waals surface area contributed by atoms with Gasteiger partial charge in [-0.15, -0.1) is 24.5 Å². The number of halogens is 3. The van der Waals surface area contributed by atoms with Crippen LogP contribution in [0.25, 0.3) is 10.1 Å². The van der Waals surface area contributed by atoms with Gasteiger partial charge in [-0.05, 0) is 43.4 Å². The fourth-order valence-electron chi connectivity index (χ4n) is 3.63. The van der Waals surface area contributed by atoms with E-state index in [1.165, 1.54) is 30.2 Å². The first kappa shape index (κ1) is 15.3. The minimum atomic E-state index is -4.65. The van der Waals surface area contributed by atoms with E-state index in [4.69, 9.17) is 0 Å². The molecule has 0 unspecified atom stereocenters. The average Bonchev–Trinajstić information content (AvgIpc) is 2.66. The van der Waals surface area contributed by atoms with Gasteiger partial charge in [0.05, 0.1) is 0 Å². The van der Waals surface area contributed by atoms with Gasteiger partial charge in [0.25, 0.3) is 0 Å². The van der Waals surface area contributed by atoms with Crippen LogP contribution >= 0.6 is 11.3 Å². The minimum absolute atomic E-state index is 0.0513. The highest BCUT2D eigenvalue weighted by molar-refractivity contribution is 7.19. The van der Waals surface area contributed by atoms with E-state index >= 15 is 0 Å². The van der Waals surface area contributed by atoms with E-state index in [0.29, 0.717) is 11.4 Å². The summed E-state index contributed by atoms with van der Waals surface area (Å²) in [6.45, 7) is 1.95. The molecule has 0 radical (unpaired) electrons. The Morgan fingerprint density at radius 3 is 2.61 bits per heavy atom. The molecule has 0 spiro atoms. The van der Waals surface area contributed by atoms with Crippen molar-refractivity contribution in [2.24, 2.45) is 0 Å². The molecule has 1 aliphatic carbocycles. The Kier molecular flexibility index (Phi) is 3.76. The molecule has 0 bridgehead atoms. The van der Waals surface area contributed by atoms with E-state index < -0.39 is 6.36 Å². The molecule has 23 heavy (non-hydrogen) atoms. The van der Waals surface area contributed by atoms with Gasteiger partial charge in [-0.3, -0.25) is 4.90 Å². The van der Waals surface area contributed by atoms with E-state index in [-0.39, 0.29) is 5.75 Å². The summed E-state index contributed by atoms with van der Waals surface area (Å²) in [4.78, 5) is 3.73. The molecule has 2 aromatic rings. The molecule has 0 saturated heterocycles. The zero-order valence-corrected chi connectivity index (χ0v) is 13.5. The van der Waals surface area contributed by atoms with Gasteiger partial charge in [0.1, 0.15) is 5.75 Å². The number of rotatable bonds is 2. The zero-order valence-electron chi connectivity index (χ0n) is 12.7. The summed E-state index contributed by atoms with van der Waals surface area (Å²) in [5.74, 6) is -0.0513. The molecule has 1 aromatic carbocycles. The lowest BCUT2D eigenvalue weighted by Crippen LogP contribution is -2.41. The van der Waals surface area contributed by atoms with Crippen molar-refractivity contribution in [1.82, 2.24) is 4.90 Å². The summed E-state index contributed by atoms with van der Waals surface area (Å²) < 4.78 is 43.2. The Morgan fingerprint density at radius 2 is 1.91 bits per heavy atom. The quantitative estimate of drug-likeness (QED) is 0.781. The first-order chi connectivity index (χ1) is 11.0. The first-order valence-electron chi connectivity index (χ1n) is 8.04. The second kappa shape index (κ2) is 5.67. The number of hydrogen-bond donors (Lipinski definition) is 0. The monoisotopic (exact) mass is 341 g/mol. The maximum Gasteiger partial charge on any atom is 0.573 e. The molecular weight excluding hydrogens is 323 g/mol. The van der Waals surface area contributed by atoms with Crippen molar-refractivity contribution in [1.29, 1.82) is 0 Å². The molecule has 0 N–H and O–H groups in total. The number of nitrogens with zero attached hydrogens (tertiary/aromatic N) is 1. The Hall–Kier alpha value is -1.27. The second-order valence-corrected chi connectivity index (χ2v) is 7.44. The Morgan fingerprint density at radius 1 is 1.13 bits per heavy atom. The topological polar surface area (TPSA) is 12.5 Å². The van der Waals surface area contributed by atoms with Crippen LogP contribution in [-0.2, 0) is 12.8 Å². The molecule has 2 nitrogen and oxygen atoms in total. The van der Waals surface area contributed by atoms with Gasteiger partial charge in [-0.1, -0.05) is 12.5 Å². The van der Waals surface area contributed by atoms with Crippen molar-refractivity contribution in [3.05, 3.63) is 28.6 Å². The number of thiophene rings is 1. The van der Waals surface area contributed by atoms with Crippen LogP contribution in [0.2, 0.25) is 0 Å². The van der Waals surface area contributed by atoms with Gasteiger partial charge in [-0.25, -0.2) is 0 Å². The van der Waals surface area contributed by atoms with Crippen LogP contribution in [0.4, 0.5) is 13.2 Å². The normalized spacial score (nSPS) is 20.1. The van der Waals surface area contributed by atoms with Crippen LogP contribution < -0.4 is 4.74 Å². The number of alkyl halides is 3. The average molecular weight is 341 g/mol. The van der Waals surface area contributed by atoms with Gasteiger partial charge in [0, 0.05) is 34.1 Å². The maximum atomic E-state index is 12.7. The predicted octanol–water partition coefficient (Wildman–Crippen LogP) is 4.75. The third kappa shape index (κ3) is 2.94. The predicted molar refractivity (Wildman–Crippen MR) is 85.1 cm³/mol. The van der Waals surface area contributed by atoms with Crippen molar-refractivity contribution < 1.29 is 17.9 Å². The SMILES string of the molecule is FC(F)(F)Oc1cccc2sc3c(c12)CCN(C1CCC1)CC3. The Bertz CT molecular complexity index is 720. The standard InChI is InChI=1S/C17H18F3NOS/c18-17(19,20)22-13-5-2-6-15-16(13)12-7-9-21(11-3-1-4-11)10-8-14(12)23-15/h2,5-6,11H,1,3-4,7-10H2. The molecule has 1 saturated carbocycles. The van der Waals surface area contributed by atoms with E-state index in [2.05, 4.69) is 9.64 Å². The highest BCUT2D eigenvalue weighted by Gasteiger charge is 2.33. The Balaban J connectivity index is 1.68. The molecule has 0 amide bonds. The molecule has 1 aliphatic heterocycles. The fourth-order valence-corrected chi connectivity index (χ4v) is 4.89. The van der Waals surface area contributed by atoms with Crippen molar-refractivity contribution in [3.63, 3.8) is 0 Å². The third-order valence-corrected chi connectivity index (χ3v) is 6.21. The van der Waals surface area contributed by atoms with Crippen LogP contribution in [0.1, 0.15) is 29.7 Å². The lowest BCUT2D eigenvalue weighted by Gasteiger charge is -2.36. The van der Waals surface area contributed by atoms with E-state index in [0.717, 1.165) is 36.2 Å². The highest BCUT2D eigenvalue weighted by Crippen LogP contribution is 2.41. The lowest BCUT2D eigenvalue weighted by molar-refractivity contribution is -0.274. The van der Waals surface area contributed by atoms with Crippen molar-refractivity contribution in [2.45, 2.75) is 44.5 Å². The minimum Gasteiger partial charge on any atom is -0.405 e. The van der Waals surface area contributed by atoms with Crippen LogP contribution in [-0.4, -0.2) is 30.4 Å². The summed E-state index contributed by atoms with van der Waals surface area (Å²) in [6.07, 6.45) is 0.912. The van der Waals surface area contributed by atoms with Gasteiger partial charge in [0.15, 0.2) is 0 Å². The summed E-state index contributed by atoms with van der Waals surface area (Å²) in [5.41, 5.74) is 1.06. The lowest BCUT2D eigenvalue weighted by atomic mass is 9.91. The Labute approximate surface area is 136 Å². The summed E-state index contributed by atoms with van der Waals surface area (Å²) >= 11 is 1.62. The zero-order chi connectivity index (χ0) is 16.0. The van der Waals surface area contributed by atoms with Gasteiger partial charge >= 0.3 is 6.36 Å². The molecule has 2 aliphatic rings. The summed E-state index contributed by atoms with van der Waals surface area (Å²) in [6, 6.07) is 5.64. The van der Waals surface area contributed by atoms with Gasteiger partial charge in [0.2, 0.25) is 0 Å². The maximum absolute atomic E-state index is 12.7. The summed E-state index contributed by atoms with van der Waals surface area (Å²) in [7, 11) is 0. The number of ether oxygens (including phenoxy) is 1. The molecule has 4 rings (SSSR count). The van der Waals surface area contributed by atoms with Crippen molar-refractivity contribution in [3.8, 4) is 5.75 Å². The number of benzene rings is 1. The molecular formula is C17H18F3NOS. The largest absolute Gasteiger partial charge is 0.573 e.